The van der Waals surface area contributed by atoms with E-state index in [1.54, 1.807) is 0 Å². The molecule has 1 atom stereocenters. The monoisotopic (exact) mass is 291 g/mol. The number of hydrogen-bond acceptors (Lipinski definition) is 2. The lowest BCUT2D eigenvalue weighted by atomic mass is 9.77. The van der Waals surface area contributed by atoms with Gasteiger partial charge in [0.2, 0.25) is 0 Å². The van der Waals surface area contributed by atoms with Gasteiger partial charge in [-0.2, -0.15) is 0 Å². The summed E-state index contributed by atoms with van der Waals surface area (Å²) in [6.45, 7) is 0. The summed E-state index contributed by atoms with van der Waals surface area (Å²) >= 11 is 2.98. The van der Waals surface area contributed by atoms with E-state index in [4.69, 9.17) is 5.73 Å². The molecular weight excluding hydrogens is 280 g/mol. The molecule has 3 N–H and O–H groups in total. The fraction of sp³-hybridized carbons (Fsp3) is 0.455. The van der Waals surface area contributed by atoms with Crippen LogP contribution in [0.5, 0.6) is 5.75 Å². The predicted octanol–water partition coefficient (Wildman–Crippen LogP) is 3.23. The molecule has 0 aromatic heterocycles. The zero-order chi connectivity index (χ0) is 11.9. The summed E-state index contributed by atoms with van der Waals surface area (Å²) < 4.78 is 26.9. The minimum Gasteiger partial charge on any atom is -0.506 e. The smallest absolute Gasteiger partial charge is 0.167 e. The molecule has 1 fully saturated rings. The first-order chi connectivity index (χ1) is 7.52. The van der Waals surface area contributed by atoms with Crippen molar-refractivity contribution in [1.29, 1.82) is 0 Å². The van der Waals surface area contributed by atoms with Crippen molar-refractivity contribution in [2.75, 3.05) is 0 Å². The maximum Gasteiger partial charge on any atom is 0.167 e. The molecule has 1 saturated carbocycles. The molecule has 1 aromatic rings. The number of benzene rings is 1. The minimum absolute atomic E-state index is 0.114. The zero-order valence-corrected chi connectivity index (χ0v) is 10.1. The van der Waals surface area contributed by atoms with Crippen LogP contribution in [0.3, 0.4) is 0 Å². The Bertz CT molecular complexity index is 395. The molecule has 0 aliphatic heterocycles. The van der Waals surface area contributed by atoms with Gasteiger partial charge in [0.25, 0.3) is 0 Å². The second kappa shape index (κ2) is 4.30. The van der Waals surface area contributed by atoms with Crippen LogP contribution in [0.4, 0.5) is 8.78 Å². The number of phenols is 1. The van der Waals surface area contributed by atoms with Crippen LogP contribution in [0.15, 0.2) is 10.5 Å². The molecule has 0 amide bonds. The van der Waals surface area contributed by atoms with Crippen LogP contribution in [-0.4, -0.2) is 5.11 Å². The maximum atomic E-state index is 13.6. The number of phenolic OH excluding ortho intramolecular Hbond substituents is 1. The van der Waals surface area contributed by atoms with Gasteiger partial charge in [-0.05, 0) is 40.8 Å². The summed E-state index contributed by atoms with van der Waals surface area (Å²) in [5.74, 6) is -2.19. The highest BCUT2D eigenvalue weighted by Crippen LogP contribution is 2.42. The fourth-order valence-electron chi connectivity index (χ4n) is 1.94. The second-order valence-electron chi connectivity index (χ2n) is 4.13. The molecule has 0 heterocycles. The fourth-order valence-corrected chi connectivity index (χ4v) is 2.36. The number of nitrogens with two attached hydrogens (primary N) is 1. The van der Waals surface area contributed by atoms with Crippen molar-refractivity contribution in [2.45, 2.75) is 25.3 Å². The average Bonchev–Trinajstić information content (AvgIpc) is 2.12. The van der Waals surface area contributed by atoms with E-state index >= 15 is 0 Å². The van der Waals surface area contributed by atoms with E-state index in [9.17, 15) is 13.9 Å². The lowest BCUT2D eigenvalue weighted by Gasteiger charge is -2.32. The molecule has 0 bridgehead atoms. The Kier molecular flexibility index (Phi) is 3.17. The minimum atomic E-state index is -1.04. The highest BCUT2D eigenvalue weighted by atomic mass is 79.9. The van der Waals surface area contributed by atoms with E-state index in [-0.39, 0.29) is 21.7 Å². The van der Waals surface area contributed by atoms with E-state index in [1.807, 2.05) is 0 Å². The maximum absolute atomic E-state index is 13.6. The second-order valence-corrected chi connectivity index (χ2v) is 4.99. The van der Waals surface area contributed by atoms with E-state index < -0.39 is 17.7 Å². The third-order valence-electron chi connectivity index (χ3n) is 3.17. The molecule has 1 aliphatic rings. The molecule has 88 valence electrons. The van der Waals surface area contributed by atoms with Gasteiger partial charge in [0.15, 0.2) is 11.6 Å². The van der Waals surface area contributed by atoms with Gasteiger partial charge in [0, 0.05) is 6.04 Å². The Morgan fingerprint density at radius 2 is 2.06 bits per heavy atom. The molecule has 16 heavy (non-hydrogen) atoms. The quantitative estimate of drug-likeness (QED) is 0.822. The van der Waals surface area contributed by atoms with Gasteiger partial charge in [-0.25, -0.2) is 8.78 Å². The van der Waals surface area contributed by atoms with Gasteiger partial charge in [0.05, 0.1) is 10.0 Å². The molecular formula is C11H12BrF2NO. The van der Waals surface area contributed by atoms with Crippen molar-refractivity contribution in [3.05, 3.63) is 27.7 Å². The Labute approximate surface area is 101 Å². The van der Waals surface area contributed by atoms with Crippen molar-refractivity contribution in [1.82, 2.24) is 0 Å². The number of hydrogen-bond donors (Lipinski definition) is 2. The zero-order valence-electron chi connectivity index (χ0n) is 8.51. The first kappa shape index (κ1) is 11.8. The van der Waals surface area contributed by atoms with Gasteiger partial charge in [0.1, 0.15) is 5.75 Å². The van der Waals surface area contributed by atoms with Gasteiger partial charge in [-0.1, -0.05) is 6.42 Å². The van der Waals surface area contributed by atoms with Crippen molar-refractivity contribution < 1.29 is 13.9 Å². The van der Waals surface area contributed by atoms with Gasteiger partial charge in [-0.3, -0.25) is 0 Å². The van der Waals surface area contributed by atoms with Crippen molar-refractivity contribution in [3.63, 3.8) is 0 Å². The van der Waals surface area contributed by atoms with Crippen LogP contribution in [-0.2, 0) is 0 Å². The Hall–Kier alpha value is -0.680. The molecule has 0 saturated heterocycles. The van der Waals surface area contributed by atoms with Gasteiger partial charge < -0.3 is 10.8 Å². The summed E-state index contributed by atoms with van der Waals surface area (Å²) in [5, 5.41) is 9.71. The SMILES string of the molecule is N[C@@H](c1c(O)c(Br)cc(F)c1F)C1CCC1. The van der Waals surface area contributed by atoms with Gasteiger partial charge in [-0.15, -0.1) is 0 Å². The van der Waals surface area contributed by atoms with Crippen molar-refractivity contribution in [2.24, 2.45) is 11.7 Å². The van der Waals surface area contributed by atoms with Crippen LogP contribution in [0.1, 0.15) is 30.9 Å². The summed E-state index contributed by atoms with van der Waals surface area (Å²) in [7, 11) is 0. The first-order valence-corrected chi connectivity index (χ1v) is 5.93. The largest absolute Gasteiger partial charge is 0.506 e. The average molecular weight is 292 g/mol. The predicted molar refractivity (Wildman–Crippen MR) is 60.0 cm³/mol. The van der Waals surface area contributed by atoms with Crippen LogP contribution in [0.25, 0.3) is 0 Å². The van der Waals surface area contributed by atoms with Crippen LogP contribution in [0, 0.1) is 17.6 Å². The van der Waals surface area contributed by atoms with E-state index in [2.05, 4.69) is 15.9 Å². The Morgan fingerprint density at radius 1 is 1.44 bits per heavy atom. The lowest BCUT2D eigenvalue weighted by Crippen LogP contribution is -2.28. The molecule has 1 aromatic carbocycles. The van der Waals surface area contributed by atoms with Gasteiger partial charge >= 0.3 is 0 Å². The third kappa shape index (κ3) is 1.82. The van der Waals surface area contributed by atoms with Crippen LogP contribution >= 0.6 is 15.9 Å². The highest BCUT2D eigenvalue weighted by molar-refractivity contribution is 9.10. The molecule has 0 unspecified atom stereocenters. The molecule has 1 aliphatic carbocycles. The summed E-state index contributed by atoms with van der Waals surface area (Å²) in [6.07, 6.45) is 2.85. The topological polar surface area (TPSA) is 46.2 Å². The molecule has 0 spiro atoms. The summed E-state index contributed by atoms with van der Waals surface area (Å²) in [4.78, 5) is 0. The normalized spacial score (nSPS) is 18.2. The highest BCUT2D eigenvalue weighted by Gasteiger charge is 2.31. The first-order valence-electron chi connectivity index (χ1n) is 5.14. The van der Waals surface area contributed by atoms with E-state index in [1.165, 1.54) is 0 Å². The molecule has 5 heteroatoms. The van der Waals surface area contributed by atoms with Crippen molar-refractivity contribution in [3.8, 4) is 5.75 Å². The van der Waals surface area contributed by atoms with E-state index in [0.717, 1.165) is 25.3 Å². The standard InChI is InChI=1S/C11H12BrF2NO/c12-6-4-7(13)9(14)8(11(6)16)10(15)5-2-1-3-5/h4-5,10,16H,1-3,15H2/t10-/m1/s1. The Morgan fingerprint density at radius 3 is 2.56 bits per heavy atom. The Balaban J connectivity index is 2.45. The van der Waals surface area contributed by atoms with E-state index in [0.29, 0.717) is 0 Å². The van der Waals surface area contributed by atoms with Crippen molar-refractivity contribution >= 4 is 15.9 Å². The number of rotatable bonds is 2. The number of aromatic hydroxyl groups is 1. The molecule has 2 rings (SSSR count). The third-order valence-corrected chi connectivity index (χ3v) is 3.78. The molecule has 0 radical (unpaired) electrons. The number of halogens is 3. The molecule has 2 nitrogen and oxygen atoms in total. The lowest BCUT2D eigenvalue weighted by molar-refractivity contribution is 0.254. The summed E-state index contributed by atoms with van der Waals surface area (Å²) in [5.41, 5.74) is 5.74. The van der Waals surface area contributed by atoms with Crippen LogP contribution in [0.2, 0.25) is 0 Å². The summed E-state index contributed by atoms with van der Waals surface area (Å²) in [6, 6.07) is 0.266. The van der Waals surface area contributed by atoms with Crippen LogP contribution < -0.4 is 5.73 Å².